The Morgan fingerprint density at radius 3 is 2.18 bits per heavy atom. The second-order valence-corrected chi connectivity index (χ2v) is 5.36. The molecule has 1 N–H and O–H groups in total. The minimum Gasteiger partial charge on any atom is -0.481 e. The highest BCUT2D eigenvalue weighted by Gasteiger charge is 2.60. The van der Waals surface area contributed by atoms with Crippen molar-refractivity contribution in [2.45, 2.75) is 25.7 Å². The summed E-state index contributed by atoms with van der Waals surface area (Å²) in [5.74, 6) is -0.717. The molecule has 1 heterocycles. The fourth-order valence-electron chi connectivity index (χ4n) is 3.90. The topological polar surface area (TPSA) is 74.7 Å². The average Bonchev–Trinajstić information content (AvgIpc) is 2.92. The molecule has 0 spiro atoms. The van der Waals surface area contributed by atoms with Crippen molar-refractivity contribution in [1.82, 2.24) is 4.90 Å². The number of carboxylic acid groups (broad SMARTS) is 1. The Morgan fingerprint density at radius 2 is 1.71 bits per heavy atom. The van der Waals surface area contributed by atoms with E-state index in [9.17, 15) is 14.4 Å². The zero-order chi connectivity index (χ0) is 12.2. The molecule has 2 amide bonds. The van der Waals surface area contributed by atoms with Crippen LogP contribution in [0.25, 0.3) is 0 Å². The van der Waals surface area contributed by atoms with Crippen LogP contribution < -0.4 is 0 Å². The van der Waals surface area contributed by atoms with Gasteiger partial charge in [-0.2, -0.15) is 0 Å². The van der Waals surface area contributed by atoms with E-state index in [-0.39, 0.29) is 36.6 Å². The third-order valence-corrected chi connectivity index (χ3v) is 4.57. The Hall–Kier alpha value is -1.39. The lowest BCUT2D eigenvalue weighted by molar-refractivity contribution is -0.142. The minimum absolute atomic E-state index is 0.0411. The normalized spacial score (nSPS) is 38.9. The summed E-state index contributed by atoms with van der Waals surface area (Å²) in [6, 6.07) is 0. The molecule has 2 aliphatic carbocycles. The Labute approximate surface area is 98.8 Å². The smallest absolute Gasteiger partial charge is 0.305 e. The second kappa shape index (κ2) is 3.55. The van der Waals surface area contributed by atoms with E-state index in [4.69, 9.17) is 5.11 Å². The van der Waals surface area contributed by atoms with Crippen LogP contribution in [-0.2, 0) is 14.4 Å². The number of fused-ring (bicyclic) bond motifs is 5. The van der Waals surface area contributed by atoms with Crippen LogP contribution in [0.2, 0.25) is 0 Å². The maximum atomic E-state index is 12.1. The van der Waals surface area contributed by atoms with Crippen molar-refractivity contribution >= 4 is 17.8 Å². The van der Waals surface area contributed by atoms with Crippen molar-refractivity contribution in [2.75, 3.05) is 6.54 Å². The first-order chi connectivity index (χ1) is 8.09. The number of carboxylic acids is 1. The lowest BCUT2D eigenvalue weighted by atomic mass is 9.81. The molecule has 1 saturated heterocycles. The van der Waals surface area contributed by atoms with Gasteiger partial charge in [0.25, 0.3) is 0 Å². The number of amides is 2. The number of carbonyl (C=O) groups is 3. The van der Waals surface area contributed by atoms with Crippen LogP contribution in [0.5, 0.6) is 0 Å². The highest BCUT2D eigenvalue weighted by molar-refractivity contribution is 6.06. The first kappa shape index (κ1) is 10.7. The molecule has 3 rings (SSSR count). The number of imide groups is 1. The lowest BCUT2D eigenvalue weighted by Gasteiger charge is -2.19. The predicted octanol–water partition coefficient (Wildman–Crippen LogP) is 0.492. The van der Waals surface area contributed by atoms with Crippen LogP contribution in [0, 0.1) is 23.7 Å². The number of carbonyl (C=O) groups excluding carboxylic acids is 2. The van der Waals surface area contributed by atoms with E-state index >= 15 is 0 Å². The lowest BCUT2D eigenvalue weighted by Crippen LogP contribution is -2.34. The molecule has 4 atom stereocenters. The number of likely N-dealkylation sites (tertiary alicyclic amines) is 1. The molecule has 5 nitrogen and oxygen atoms in total. The van der Waals surface area contributed by atoms with Gasteiger partial charge in [-0.25, -0.2) is 0 Å². The highest BCUT2D eigenvalue weighted by Crippen LogP contribution is 2.56. The molecule has 17 heavy (non-hydrogen) atoms. The van der Waals surface area contributed by atoms with Gasteiger partial charge in [-0.3, -0.25) is 19.3 Å². The molecule has 3 aliphatic rings. The molecule has 0 aromatic rings. The van der Waals surface area contributed by atoms with Crippen LogP contribution in [0.3, 0.4) is 0 Å². The van der Waals surface area contributed by atoms with Gasteiger partial charge >= 0.3 is 5.97 Å². The molecule has 3 fully saturated rings. The van der Waals surface area contributed by atoms with Gasteiger partial charge in [-0.05, 0) is 31.1 Å². The maximum Gasteiger partial charge on any atom is 0.305 e. The Bertz CT molecular complexity index is 377. The Kier molecular flexibility index (Phi) is 2.24. The van der Waals surface area contributed by atoms with E-state index in [1.54, 1.807) is 0 Å². The first-order valence-corrected chi connectivity index (χ1v) is 6.16. The van der Waals surface area contributed by atoms with Crippen LogP contribution in [0.1, 0.15) is 25.7 Å². The van der Waals surface area contributed by atoms with Crippen molar-refractivity contribution in [3.8, 4) is 0 Å². The van der Waals surface area contributed by atoms with E-state index in [2.05, 4.69) is 0 Å². The summed E-state index contributed by atoms with van der Waals surface area (Å²) in [6.45, 7) is 0.0411. The first-order valence-electron chi connectivity index (χ1n) is 6.16. The van der Waals surface area contributed by atoms with E-state index in [0.29, 0.717) is 11.8 Å². The number of nitrogens with zero attached hydrogens (tertiary/aromatic N) is 1. The Morgan fingerprint density at radius 1 is 1.18 bits per heavy atom. The monoisotopic (exact) mass is 237 g/mol. The van der Waals surface area contributed by atoms with Gasteiger partial charge in [-0.15, -0.1) is 0 Å². The van der Waals surface area contributed by atoms with E-state index in [1.807, 2.05) is 0 Å². The minimum atomic E-state index is -0.967. The van der Waals surface area contributed by atoms with Gasteiger partial charge in [0.1, 0.15) is 0 Å². The zero-order valence-corrected chi connectivity index (χ0v) is 9.46. The second-order valence-electron chi connectivity index (χ2n) is 5.36. The molecule has 0 unspecified atom stereocenters. The number of hydrogen-bond donors (Lipinski definition) is 1. The van der Waals surface area contributed by atoms with Crippen LogP contribution >= 0.6 is 0 Å². The molecule has 0 radical (unpaired) electrons. The number of aliphatic carboxylic acids is 1. The summed E-state index contributed by atoms with van der Waals surface area (Å²) in [4.78, 5) is 35.9. The summed E-state index contributed by atoms with van der Waals surface area (Å²) in [5.41, 5.74) is 0. The maximum absolute atomic E-state index is 12.1. The molecular formula is C12H15NO4. The molecule has 2 saturated carbocycles. The van der Waals surface area contributed by atoms with Gasteiger partial charge in [0, 0.05) is 6.54 Å². The van der Waals surface area contributed by atoms with Crippen LogP contribution in [-0.4, -0.2) is 34.3 Å². The van der Waals surface area contributed by atoms with Crippen LogP contribution in [0.4, 0.5) is 0 Å². The molecule has 5 heteroatoms. The number of hydrogen-bond acceptors (Lipinski definition) is 3. The fourth-order valence-corrected chi connectivity index (χ4v) is 3.90. The SMILES string of the molecule is O=C(O)CCN1C(=O)[C@@H]2[C@H]3CC[C@@H](C3)[C@H]2C1=O. The van der Waals surface area contributed by atoms with Crippen molar-refractivity contribution in [3.63, 3.8) is 0 Å². The van der Waals surface area contributed by atoms with Crippen molar-refractivity contribution in [1.29, 1.82) is 0 Å². The third kappa shape index (κ3) is 1.41. The van der Waals surface area contributed by atoms with Crippen molar-refractivity contribution in [2.24, 2.45) is 23.7 Å². The fraction of sp³-hybridized carbons (Fsp3) is 0.750. The summed E-state index contributed by atoms with van der Waals surface area (Å²) in [7, 11) is 0. The largest absolute Gasteiger partial charge is 0.481 e. The summed E-state index contributed by atoms with van der Waals surface area (Å²) < 4.78 is 0. The van der Waals surface area contributed by atoms with Gasteiger partial charge in [0.15, 0.2) is 0 Å². The summed E-state index contributed by atoms with van der Waals surface area (Å²) in [6.07, 6.45) is 2.97. The summed E-state index contributed by atoms with van der Waals surface area (Å²) >= 11 is 0. The molecule has 0 aromatic heterocycles. The van der Waals surface area contributed by atoms with Crippen molar-refractivity contribution < 1.29 is 19.5 Å². The van der Waals surface area contributed by atoms with E-state index in [1.165, 1.54) is 4.90 Å². The average molecular weight is 237 g/mol. The Balaban J connectivity index is 1.78. The van der Waals surface area contributed by atoms with Crippen LogP contribution in [0.15, 0.2) is 0 Å². The van der Waals surface area contributed by atoms with E-state index in [0.717, 1.165) is 19.3 Å². The van der Waals surface area contributed by atoms with Crippen molar-refractivity contribution in [3.05, 3.63) is 0 Å². The molecule has 92 valence electrons. The molecule has 1 aliphatic heterocycles. The molecule has 2 bridgehead atoms. The van der Waals surface area contributed by atoms with Gasteiger partial charge in [-0.1, -0.05) is 0 Å². The van der Waals surface area contributed by atoms with Gasteiger partial charge in [0.05, 0.1) is 18.3 Å². The van der Waals surface area contributed by atoms with E-state index < -0.39 is 5.97 Å². The highest BCUT2D eigenvalue weighted by atomic mass is 16.4. The quantitative estimate of drug-likeness (QED) is 0.725. The number of rotatable bonds is 3. The zero-order valence-electron chi connectivity index (χ0n) is 9.46. The van der Waals surface area contributed by atoms with Gasteiger partial charge < -0.3 is 5.11 Å². The van der Waals surface area contributed by atoms with Gasteiger partial charge in [0.2, 0.25) is 11.8 Å². The summed E-state index contributed by atoms with van der Waals surface area (Å²) in [5, 5.41) is 8.62. The standard InChI is InChI=1S/C12H15NO4/c14-8(15)3-4-13-11(16)9-6-1-2-7(5-6)10(9)12(13)17/h6-7,9-10H,1-5H2,(H,14,15)/t6-,7-,9+,10+/m0/s1. The predicted molar refractivity (Wildman–Crippen MR) is 56.8 cm³/mol. The third-order valence-electron chi connectivity index (χ3n) is 4.57. The molecule has 0 aromatic carbocycles. The molecular weight excluding hydrogens is 222 g/mol.